The van der Waals surface area contributed by atoms with Crippen molar-refractivity contribution in [2.45, 2.75) is 39.4 Å². The maximum Gasteiger partial charge on any atom is 0.390 e. The van der Waals surface area contributed by atoms with Crippen LogP contribution in [0.1, 0.15) is 38.8 Å². The van der Waals surface area contributed by atoms with Crippen LogP contribution in [0.25, 0.3) is 0 Å². The van der Waals surface area contributed by atoms with Crippen LogP contribution in [0.3, 0.4) is 0 Å². The van der Waals surface area contributed by atoms with E-state index in [1.54, 1.807) is 0 Å². The summed E-state index contributed by atoms with van der Waals surface area (Å²) in [6, 6.07) is 10.2. The Morgan fingerprint density at radius 2 is 1.69 bits per heavy atom. The molecule has 2 N–H and O–H groups in total. The van der Waals surface area contributed by atoms with Crippen molar-refractivity contribution in [2.24, 2.45) is 4.99 Å². The minimum atomic E-state index is -4.17. The first-order valence-corrected chi connectivity index (χ1v) is 8.79. The van der Waals surface area contributed by atoms with Crippen molar-refractivity contribution in [3.63, 3.8) is 0 Å². The molecule has 0 aliphatic carbocycles. The van der Waals surface area contributed by atoms with Crippen molar-refractivity contribution in [3.8, 4) is 0 Å². The molecule has 1 aromatic rings. The monoisotopic (exact) mass is 486 g/mol. The number of likely N-dealkylation sites (N-methyl/N-ethyl adjacent to an activating group) is 1. The first kappa shape index (κ1) is 25.0. The van der Waals surface area contributed by atoms with E-state index in [1.165, 1.54) is 0 Å². The average molecular weight is 486 g/mol. The minimum Gasteiger partial charge on any atom is -0.357 e. The summed E-state index contributed by atoms with van der Waals surface area (Å²) < 4.78 is 37.0. The molecule has 150 valence electrons. The Labute approximate surface area is 171 Å². The Hall–Kier alpha value is -1.03. The Morgan fingerprint density at radius 1 is 1.08 bits per heavy atom. The number of benzene rings is 1. The van der Waals surface area contributed by atoms with Crippen molar-refractivity contribution < 1.29 is 13.2 Å². The zero-order valence-electron chi connectivity index (χ0n) is 15.6. The van der Waals surface area contributed by atoms with Crippen molar-refractivity contribution in [1.29, 1.82) is 0 Å². The molecule has 0 aliphatic rings. The van der Waals surface area contributed by atoms with E-state index in [4.69, 9.17) is 0 Å². The second-order valence-electron chi connectivity index (χ2n) is 5.66. The molecular weight excluding hydrogens is 456 g/mol. The van der Waals surface area contributed by atoms with Gasteiger partial charge in [0.25, 0.3) is 0 Å². The molecule has 1 rings (SSSR count). The summed E-state index contributed by atoms with van der Waals surface area (Å²) in [5, 5.41) is 5.76. The van der Waals surface area contributed by atoms with Gasteiger partial charge in [-0.05, 0) is 25.6 Å². The van der Waals surface area contributed by atoms with E-state index in [0.717, 1.165) is 18.7 Å². The van der Waals surface area contributed by atoms with Gasteiger partial charge in [0.2, 0.25) is 0 Å². The van der Waals surface area contributed by atoms with Crippen LogP contribution in [-0.2, 0) is 0 Å². The van der Waals surface area contributed by atoms with Crippen LogP contribution >= 0.6 is 24.0 Å². The number of halogens is 4. The number of guanidine groups is 1. The largest absolute Gasteiger partial charge is 0.390 e. The van der Waals surface area contributed by atoms with Gasteiger partial charge in [0, 0.05) is 13.1 Å². The van der Waals surface area contributed by atoms with Crippen LogP contribution in [0.2, 0.25) is 0 Å². The van der Waals surface area contributed by atoms with E-state index in [2.05, 4.69) is 46.5 Å². The summed E-state index contributed by atoms with van der Waals surface area (Å²) in [5.41, 5.74) is 1.15. The fraction of sp³-hybridized carbons (Fsp3) is 0.611. The Balaban J connectivity index is 0.00000625. The van der Waals surface area contributed by atoms with E-state index in [0.29, 0.717) is 19.0 Å². The average Bonchev–Trinajstić information content (AvgIpc) is 2.58. The predicted molar refractivity (Wildman–Crippen MR) is 112 cm³/mol. The summed E-state index contributed by atoms with van der Waals surface area (Å²) in [6.45, 7) is 8.72. The molecule has 0 aliphatic heterocycles. The molecule has 0 aromatic heterocycles. The van der Waals surface area contributed by atoms with Crippen molar-refractivity contribution in [1.82, 2.24) is 15.5 Å². The highest BCUT2D eigenvalue weighted by Crippen LogP contribution is 2.21. The molecule has 0 saturated carbocycles. The molecular formula is C18H30F3IN4. The minimum absolute atomic E-state index is 0. The van der Waals surface area contributed by atoms with Crippen LogP contribution in [0.4, 0.5) is 13.2 Å². The number of nitrogens with zero attached hydrogens (tertiary/aromatic N) is 2. The fourth-order valence-corrected chi connectivity index (χ4v) is 2.61. The number of nitrogens with one attached hydrogen (secondary N) is 2. The molecule has 0 heterocycles. The highest BCUT2D eigenvalue weighted by molar-refractivity contribution is 14.0. The SMILES string of the molecule is CCNC(=NCC(c1ccccc1)N(CC)CC)NCCC(F)(F)F.I. The lowest BCUT2D eigenvalue weighted by molar-refractivity contribution is -0.132. The topological polar surface area (TPSA) is 39.7 Å². The zero-order valence-corrected chi connectivity index (χ0v) is 18.0. The van der Waals surface area contributed by atoms with Crippen molar-refractivity contribution in [3.05, 3.63) is 35.9 Å². The molecule has 0 bridgehead atoms. The maximum absolute atomic E-state index is 12.3. The van der Waals surface area contributed by atoms with Gasteiger partial charge in [0.05, 0.1) is 19.0 Å². The molecule has 0 amide bonds. The highest BCUT2D eigenvalue weighted by atomic mass is 127. The Bertz CT molecular complexity index is 505. The number of alkyl halides is 3. The van der Waals surface area contributed by atoms with Gasteiger partial charge in [-0.25, -0.2) is 0 Å². The first-order chi connectivity index (χ1) is 11.9. The van der Waals surface area contributed by atoms with Crippen LogP contribution < -0.4 is 10.6 Å². The summed E-state index contributed by atoms with van der Waals surface area (Å²) in [6.07, 6.45) is -5.05. The number of hydrogen-bond donors (Lipinski definition) is 2. The molecule has 0 fully saturated rings. The highest BCUT2D eigenvalue weighted by Gasteiger charge is 2.26. The van der Waals surface area contributed by atoms with Crippen LogP contribution in [0, 0.1) is 0 Å². The maximum atomic E-state index is 12.3. The van der Waals surface area contributed by atoms with Gasteiger partial charge >= 0.3 is 6.18 Å². The third kappa shape index (κ3) is 9.61. The Morgan fingerprint density at radius 3 is 2.19 bits per heavy atom. The van der Waals surface area contributed by atoms with Gasteiger partial charge < -0.3 is 10.6 Å². The molecule has 26 heavy (non-hydrogen) atoms. The molecule has 1 unspecified atom stereocenters. The Kier molecular flexibility index (Phi) is 12.7. The number of hydrogen-bond acceptors (Lipinski definition) is 2. The normalized spacial score (nSPS) is 13.3. The van der Waals surface area contributed by atoms with Crippen LogP contribution in [0.15, 0.2) is 35.3 Å². The predicted octanol–water partition coefficient (Wildman–Crippen LogP) is 4.20. The summed E-state index contributed by atoms with van der Waals surface area (Å²) in [4.78, 5) is 6.80. The molecule has 1 atom stereocenters. The van der Waals surface area contributed by atoms with Gasteiger partial charge in [-0.1, -0.05) is 44.2 Å². The van der Waals surface area contributed by atoms with E-state index in [-0.39, 0.29) is 36.6 Å². The third-order valence-electron chi connectivity index (χ3n) is 3.90. The smallest absolute Gasteiger partial charge is 0.357 e. The van der Waals surface area contributed by atoms with Crippen LogP contribution in [-0.4, -0.2) is 49.8 Å². The van der Waals surface area contributed by atoms with Gasteiger partial charge in [-0.15, -0.1) is 24.0 Å². The van der Waals surface area contributed by atoms with Crippen molar-refractivity contribution >= 4 is 29.9 Å². The first-order valence-electron chi connectivity index (χ1n) is 8.79. The standard InChI is InChI=1S/C18H29F3N4.HI/c1-4-22-17(23-13-12-18(19,20)21)24-14-16(25(5-2)6-3)15-10-8-7-9-11-15;/h7-11,16H,4-6,12-14H2,1-3H3,(H2,22,23,24);1H. The summed E-state index contributed by atoms with van der Waals surface area (Å²) >= 11 is 0. The van der Waals surface area contributed by atoms with Gasteiger partial charge in [-0.2, -0.15) is 13.2 Å². The summed E-state index contributed by atoms with van der Waals surface area (Å²) in [7, 11) is 0. The molecule has 0 radical (unpaired) electrons. The zero-order chi connectivity index (χ0) is 18.7. The van der Waals surface area contributed by atoms with Gasteiger partial charge in [0.1, 0.15) is 0 Å². The molecule has 4 nitrogen and oxygen atoms in total. The molecule has 0 spiro atoms. The fourth-order valence-electron chi connectivity index (χ4n) is 2.61. The molecule has 8 heteroatoms. The van der Waals surface area contributed by atoms with Crippen LogP contribution in [0.5, 0.6) is 0 Å². The quantitative estimate of drug-likeness (QED) is 0.313. The molecule has 0 saturated heterocycles. The lowest BCUT2D eigenvalue weighted by Crippen LogP contribution is -2.40. The third-order valence-corrected chi connectivity index (χ3v) is 3.90. The van der Waals surface area contributed by atoms with E-state index < -0.39 is 12.6 Å². The second-order valence-corrected chi connectivity index (χ2v) is 5.66. The van der Waals surface area contributed by atoms with E-state index >= 15 is 0 Å². The molecule has 1 aromatic carbocycles. The lowest BCUT2D eigenvalue weighted by Gasteiger charge is -2.29. The van der Waals surface area contributed by atoms with Gasteiger partial charge in [-0.3, -0.25) is 9.89 Å². The summed E-state index contributed by atoms with van der Waals surface area (Å²) in [5.74, 6) is 0.417. The number of aliphatic imine (C=N–C) groups is 1. The number of rotatable bonds is 9. The van der Waals surface area contributed by atoms with E-state index in [1.807, 2.05) is 25.1 Å². The van der Waals surface area contributed by atoms with Crippen molar-refractivity contribution in [2.75, 3.05) is 32.7 Å². The van der Waals surface area contributed by atoms with Gasteiger partial charge in [0.15, 0.2) is 5.96 Å². The second kappa shape index (κ2) is 13.2. The van der Waals surface area contributed by atoms with E-state index in [9.17, 15) is 13.2 Å². The lowest BCUT2D eigenvalue weighted by atomic mass is 10.1.